The van der Waals surface area contributed by atoms with Crippen LogP contribution in [0.2, 0.25) is 0 Å². The Kier molecular flexibility index (Phi) is 7.34. The van der Waals surface area contributed by atoms with Crippen molar-refractivity contribution in [3.05, 3.63) is 94.7 Å². The molecule has 11 heteroatoms. The lowest BCUT2D eigenvalue weighted by molar-refractivity contribution is 0.254. The third kappa shape index (κ3) is 5.31. The topological polar surface area (TPSA) is 91.1 Å². The second kappa shape index (κ2) is 10.9. The summed E-state index contributed by atoms with van der Waals surface area (Å²) in [5, 5.41) is 0.278. The largest absolute Gasteiger partial charge is 0.453 e. The van der Waals surface area contributed by atoms with E-state index in [1.807, 2.05) is 31.9 Å². The lowest BCUT2D eigenvalue weighted by Gasteiger charge is -2.32. The third-order valence-electron chi connectivity index (χ3n) is 7.76. The van der Waals surface area contributed by atoms with Gasteiger partial charge in [0.05, 0.1) is 17.3 Å². The minimum Gasteiger partial charge on any atom is -0.453 e. The number of sulfone groups is 1. The van der Waals surface area contributed by atoms with Gasteiger partial charge in [0.1, 0.15) is 28.1 Å². The highest BCUT2D eigenvalue weighted by Gasteiger charge is 2.33. The van der Waals surface area contributed by atoms with Crippen LogP contribution in [-0.2, 0) is 22.7 Å². The molecule has 1 unspecified atom stereocenters. The third-order valence-corrected chi connectivity index (χ3v) is 8.90. The number of hydrogen-bond donors (Lipinski definition) is 2. The average molecular weight is 609 g/mol. The Labute approximate surface area is 247 Å². The normalized spacial score (nSPS) is 15.8. The summed E-state index contributed by atoms with van der Waals surface area (Å²) in [6, 6.07) is 11.4. The van der Waals surface area contributed by atoms with Crippen LogP contribution < -0.4 is 4.74 Å². The van der Waals surface area contributed by atoms with Crippen LogP contribution >= 0.6 is 0 Å². The average Bonchev–Trinajstić information content (AvgIpc) is 3.57. The van der Waals surface area contributed by atoms with Gasteiger partial charge in [-0.1, -0.05) is 32.0 Å². The quantitative estimate of drug-likeness (QED) is 0.209. The van der Waals surface area contributed by atoms with Crippen molar-refractivity contribution < 1.29 is 26.3 Å². The highest BCUT2D eigenvalue weighted by Crippen LogP contribution is 2.40. The zero-order valence-electron chi connectivity index (χ0n) is 24.1. The Bertz CT molecular complexity index is 1970. The van der Waals surface area contributed by atoms with Gasteiger partial charge in [0.15, 0.2) is 21.4 Å². The second-order valence-corrected chi connectivity index (χ2v) is 13.4. The number of hydrogen-bond acceptors (Lipinski definition) is 5. The number of likely N-dealkylation sites (N-methyl/N-ethyl adjacent to an activating group) is 1. The number of nitrogens with one attached hydrogen (secondary N) is 2. The van der Waals surface area contributed by atoms with Crippen molar-refractivity contribution >= 4 is 20.7 Å². The van der Waals surface area contributed by atoms with Crippen LogP contribution in [0.3, 0.4) is 0 Å². The summed E-state index contributed by atoms with van der Waals surface area (Å²) in [6.07, 6.45) is 3.68. The summed E-state index contributed by atoms with van der Waals surface area (Å²) in [6.45, 7) is 4.71. The maximum atomic E-state index is 15.7. The van der Waals surface area contributed by atoms with E-state index in [4.69, 9.17) is 9.72 Å². The molecule has 0 saturated carbocycles. The lowest BCUT2D eigenvalue weighted by Crippen LogP contribution is -2.33. The first-order chi connectivity index (χ1) is 20.4. The maximum Gasteiger partial charge on any atom is 0.182 e. The van der Waals surface area contributed by atoms with E-state index in [1.165, 1.54) is 24.4 Å². The molecule has 0 fully saturated rings. The van der Waals surface area contributed by atoms with Crippen molar-refractivity contribution in [1.29, 1.82) is 0 Å². The van der Waals surface area contributed by atoms with Crippen LogP contribution in [0.25, 0.3) is 22.3 Å². The van der Waals surface area contributed by atoms with Gasteiger partial charge < -0.3 is 14.7 Å². The molecular weight excluding hydrogens is 577 g/mol. The predicted octanol–water partition coefficient (Wildman–Crippen LogP) is 6.95. The van der Waals surface area contributed by atoms with Crippen LogP contribution in [0.4, 0.5) is 13.2 Å². The molecule has 3 aromatic carbocycles. The summed E-state index contributed by atoms with van der Waals surface area (Å²) in [4.78, 5) is 12.5. The van der Waals surface area contributed by atoms with E-state index in [9.17, 15) is 8.42 Å². The molecule has 7 nitrogen and oxygen atoms in total. The monoisotopic (exact) mass is 608 g/mol. The SMILES string of the molecule is CC(C)Cc1cccc(C2c3nc(-c4cc(Oc5c(F)cc6[nH]ccc6c5S(C)(=O)=O)ccc4F)[nH]c3CCN2C)c1F. The number of ether oxygens (including phenoxy) is 1. The number of halogens is 3. The number of aromatic amines is 2. The molecule has 0 radical (unpaired) electrons. The first-order valence-corrected chi connectivity index (χ1v) is 15.8. The van der Waals surface area contributed by atoms with Gasteiger partial charge in [0, 0.05) is 53.6 Å². The zero-order chi connectivity index (χ0) is 30.6. The fraction of sp³-hybridized carbons (Fsp3) is 0.281. The Balaban J connectivity index is 1.41. The van der Waals surface area contributed by atoms with Crippen molar-refractivity contribution in [3.8, 4) is 22.9 Å². The van der Waals surface area contributed by atoms with Crippen molar-refractivity contribution in [2.24, 2.45) is 5.92 Å². The van der Waals surface area contributed by atoms with Gasteiger partial charge in [0.2, 0.25) is 0 Å². The summed E-state index contributed by atoms with van der Waals surface area (Å²) >= 11 is 0. The number of fused-ring (bicyclic) bond motifs is 2. The molecule has 0 aliphatic carbocycles. The van der Waals surface area contributed by atoms with Crippen molar-refractivity contribution in [2.75, 3.05) is 19.8 Å². The fourth-order valence-corrected chi connectivity index (χ4v) is 6.89. The zero-order valence-corrected chi connectivity index (χ0v) is 24.9. The molecule has 6 rings (SSSR count). The molecule has 2 aromatic heterocycles. The molecule has 224 valence electrons. The summed E-state index contributed by atoms with van der Waals surface area (Å²) < 4.78 is 77.3. The first-order valence-electron chi connectivity index (χ1n) is 14.0. The molecule has 3 heterocycles. The number of H-pyrrole nitrogens is 2. The molecule has 5 aromatic rings. The van der Waals surface area contributed by atoms with Gasteiger partial charge in [-0.25, -0.2) is 26.6 Å². The molecule has 0 saturated heterocycles. The number of benzene rings is 3. The van der Waals surface area contributed by atoms with Crippen LogP contribution in [0.1, 0.15) is 42.4 Å². The van der Waals surface area contributed by atoms with Crippen molar-refractivity contribution in [1.82, 2.24) is 19.9 Å². The van der Waals surface area contributed by atoms with Gasteiger partial charge in [0.25, 0.3) is 0 Å². The van der Waals surface area contributed by atoms with Gasteiger partial charge in [-0.3, -0.25) is 4.90 Å². The number of nitrogens with zero attached hydrogens (tertiary/aromatic N) is 2. The van der Waals surface area contributed by atoms with Crippen molar-refractivity contribution in [2.45, 2.75) is 37.6 Å². The highest BCUT2D eigenvalue weighted by molar-refractivity contribution is 7.91. The Hall–Kier alpha value is -4.09. The number of aromatic nitrogens is 3. The number of imidazole rings is 1. The smallest absolute Gasteiger partial charge is 0.182 e. The highest BCUT2D eigenvalue weighted by atomic mass is 32.2. The molecule has 1 aliphatic rings. The van der Waals surface area contributed by atoms with Crippen molar-refractivity contribution in [3.63, 3.8) is 0 Å². The molecule has 0 spiro atoms. The van der Waals surface area contributed by atoms with Gasteiger partial charge in [-0.05, 0) is 49.2 Å². The van der Waals surface area contributed by atoms with Gasteiger partial charge in [-0.2, -0.15) is 0 Å². The van der Waals surface area contributed by atoms with E-state index in [0.717, 1.165) is 24.1 Å². The first kappa shape index (κ1) is 29.0. The van der Waals surface area contributed by atoms with Gasteiger partial charge >= 0.3 is 0 Å². The van der Waals surface area contributed by atoms with E-state index in [-0.39, 0.29) is 39.2 Å². The van der Waals surface area contributed by atoms with E-state index < -0.39 is 33.3 Å². The van der Waals surface area contributed by atoms with E-state index in [1.54, 1.807) is 12.1 Å². The van der Waals surface area contributed by atoms with Crippen LogP contribution in [0, 0.1) is 23.4 Å². The summed E-state index contributed by atoms with van der Waals surface area (Å²) in [7, 11) is -2.01. The van der Waals surface area contributed by atoms with Gasteiger partial charge in [-0.15, -0.1) is 0 Å². The Morgan fingerprint density at radius 1 is 1.09 bits per heavy atom. The molecule has 43 heavy (non-hydrogen) atoms. The summed E-state index contributed by atoms with van der Waals surface area (Å²) in [5.74, 6) is -1.74. The lowest BCUT2D eigenvalue weighted by atomic mass is 9.92. The molecule has 1 atom stereocenters. The standard InChI is InChI=1S/C32H31F3N4O3S/c1-17(2)14-18-6-5-7-21(27(18)35)29-28-25(11-13-39(29)3)37-32(38-28)22-15-19(8-9-23(22)33)42-30-24(34)16-26-20(10-12-36-26)31(30)43(4,40)41/h5-10,12,15-17,29,36H,11,13-14H2,1-4H3,(H,37,38). The Morgan fingerprint density at radius 2 is 1.88 bits per heavy atom. The number of rotatable bonds is 7. The second-order valence-electron chi connectivity index (χ2n) is 11.5. The van der Waals surface area contributed by atoms with E-state index in [2.05, 4.69) is 9.97 Å². The molecule has 1 aliphatic heterocycles. The molecular formula is C32H31F3N4O3S. The Morgan fingerprint density at radius 3 is 2.63 bits per heavy atom. The molecule has 0 bridgehead atoms. The van der Waals surface area contributed by atoms with Crippen LogP contribution in [0.5, 0.6) is 11.5 Å². The van der Waals surface area contributed by atoms with Crippen LogP contribution in [-0.4, -0.2) is 48.1 Å². The minimum atomic E-state index is -3.91. The van der Waals surface area contributed by atoms with E-state index in [0.29, 0.717) is 41.7 Å². The summed E-state index contributed by atoms with van der Waals surface area (Å²) in [5.41, 5.74) is 2.85. The minimum absolute atomic E-state index is 0.0190. The van der Waals surface area contributed by atoms with E-state index >= 15 is 13.2 Å². The van der Waals surface area contributed by atoms with Crippen LogP contribution in [0.15, 0.2) is 59.6 Å². The maximum absolute atomic E-state index is 15.7. The predicted molar refractivity (Wildman–Crippen MR) is 159 cm³/mol. The fourth-order valence-electron chi connectivity index (χ4n) is 5.84. The molecule has 0 amide bonds. The molecule has 2 N–H and O–H groups in total.